The lowest BCUT2D eigenvalue weighted by Gasteiger charge is -2.22. The second-order valence-electron chi connectivity index (χ2n) is 5.88. The van der Waals surface area contributed by atoms with Gasteiger partial charge in [0.1, 0.15) is 16.7 Å². The fourth-order valence-corrected chi connectivity index (χ4v) is 4.23. The first kappa shape index (κ1) is 15.7. The number of urea groups is 1. The number of amides is 3. The maximum atomic E-state index is 12.9. The molecule has 0 bridgehead atoms. The molecular formula is C15H14BrN5O2S. The van der Waals surface area contributed by atoms with Crippen LogP contribution in [-0.4, -0.2) is 37.5 Å². The van der Waals surface area contributed by atoms with E-state index in [4.69, 9.17) is 5.73 Å². The molecule has 2 fully saturated rings. The molecule has 2 heterocycles. The Morgan fingerprint density at radius 3 is 2.54 bits per heavy atom. The van der Waals surface area contributed by atoms with Crippen molar-refractivity contribution < 1.29 is 9.59 Å². The van der Waals surface area contributed by atoms with Gasteiger partial charge in [-0.15, -0.1) is 10.2 Å². The highest BCUT2D eigenvalue weighted by molar-refractivity contribution is 9.11. The van der Waals surface area contributed by atoms with Crippen LogP contribution in [0.1, 0.15) is 29.6 Å². The minimum atomic E-state index is -0.783. The molecule has 2 N–H and O–H groups in total. The monoisotopic (exact) mass is 407 g/mol. The van der Waals surface area contributed by atoms with Crippen LogP contribution in [0, 0.1) is 0 Å². The Morgan fingerprint density at radius 2 is 1.96 bits per heavy atom. The van der Waals surface area contributed by atoms with Gasteiger partial charge < -0.3 is 10.6 Å². The van der Waals surface area contributed by atoms with Gasteiger partial charge in [-0.2, -0.15) is 0 Å². The summed E-state index contributed by atoms with van der Waals surface area (Å²) < 4.78 is 0.651. The van der Waals surface area contributed by atoms with Gasteiger partial charge >= 0.3 is 6.03 Å². The number of carbonyl (C=O) groups is 2. The lowest BCUT2D eigenvalue weighted by Crippen LogP contribution is -2.40. The Morgan fingerprint density at radius 1 is 1.25 bits per heavy atom. The lowest BCUT2D eigenvalue weighted by molar-refractivity contribution is -0.131. The van der Waals surface area contributed by atoms with E-state index in [9.17, 15) is 9.59 Å². The van der Waals surface area contributed by atoms with Crippen LogP contribution in [0.25, 0.3) is 0 Å². The van der Waals surface area contributed by atoms with Crippen molar-refractivity contribution in [2.75, 3.05) is 0 Å². The minimum Gasteiger partial charge on any atom is -0.307 e. The van der Waals surface area contributed by atoms with Gasteiger partial charge in [-0.25, -0.2) is 9.69 Å². The minimum absolute atomic E-state index is 0.215. The first-order valence-electron chi connectivity index (χ1n) is 7.46. The number of carbonyl (C=O) groups excluding carboxylic acids is 2. The number of hydrogen-bond acceptors (Lipinski definition) is 6. The van der Waals surface area contributed by atoms with E-state index in [1.54, 1.807) is 4.90 Å². The van der Waals surface area contributed by atoms with Crippen LogP contribution in [0.5, 0.6) is 0 Å². The van der Waals surface area contributed by atoms with E-state index in [0.29, 0.717) is 21.8 Å². The fraction of sp³-hybridized carbons (Fsp3) is 0.333. The largest absolute Gasteiger partial charge is 0.329 e. The first-order chi connectivity index (χ1) is 11.5. The molecule has 1 aromatic heterocycles. The van der Waals surface area contributed by atoms with Gasteiger partial charge in [0.15, 0.2) is 3.92 Å². The van der Waals surface area contributed by atoms with Crippen LogP contribution >= 0.6 is 27.3 Å². The van der Waals surface area contributed by atoms with Gasteiger partial charge in [0.25, 0.3) is 5.91 Å². The van der Waals surface area contributed by atoms with Crippen LogP contribution in [0.3, 0.4) is 0 Å². The number of halogens is 1. The predicted octanol–water partition coefficient (Wildman–Crippen LogP) is 2.25. The molecule has 9 heteroatoms. The smallest absolute Gasteiger partial charge is 0.307 e. The molecule has 1 saturated heterocycles. The van der Waals surface area contributed by atoms with Gasteiger partial charge in [-0.3, -0.25) is 4.79 Å². The van der Waals surface area contributed by atoms with Gasteiger partial charge in [0.05, 0.1) is 6.54 Å². The van der Waals surface area contributed by atoms with Crippen LogP contribution < -0.4 is 5.73 Å². The van der Waals surface area contributed by atoms with Crippen molar-refractivity contribution in [2.24, 2.45) is 5.73 Å². The SMILES string of the molecule is N[C@@H](c1ccccc1)N1C(=O)N(Cc2nnc(Br)s2)C2(CC2)C1=O. The topological polar surface area (TPSA) is 92.4 Å². The Kier molecular flexibility index (Phi) is 3.66. The molecule has 124 valence electrons. The maximum Gasteiger partial charge on any atom is 0.329 e. The summed E-state index contributed by atoms with van der Waals surface area (Å²) in [5, 5.41) is 8.61. The van der Waals surface area contributed by atoms with Crippen molar-refractivity contribution in [3.8, 4) is 0 Å². The van der Waals surface area contributed by atoms with E-state index in [0.717, 1.165) is 5.56 Å². The van der Waals surface area contributed by atoms with Gasteiger partial charge in [0.2, 0.25) is 0 Å². The van der Waals surface area contributed by atoms with Crippen LogP contribution in [0.4, 0.5) is 4.79 Å². The van der Waals surface area contributed by atoms with Crippen molar-refractivity contribution in [2.45, 2.75) is 31.1 Å². The summed E-state index contributed by atoms with van der Waals surface area (Å²) in [4.78, 5) is 28.5. The summed E-state index contributed by atoms with van der Waals surface area (Å²) in [6.07, 6.45) is 0.542. The summed E-state index contributed by atoms with van der Waals surface area (Å²) in [5.74, 6) is -0.215. The molecule has 1 atom stereocenters. The summed E-state index contributed by atoms with van der Waals surface area (Å²) in [7, 11) is 0. The van der Waals surface area contributed by atoms with Gasteiger partial charge in [0, 0.05) is 0 Å². The third kappa shape index (κ3) is 2.35. The summed E-state index contributed by atoms with van der Waals surface area (Å²) in [5.41, 5.74) is 6.20. The average molecular weight is 408 g/mol. The van der Waals surface area contributed by atoms with E-state index in [-0.39, 0.29) is 18.5 Å². The average Bonchev–Trinajstić information content (AvgIpc) is 3.25. The van der Waals surface area contributed by atoms with E-state index in [2.05, 4.69) is 26.1 Å². The quantitative estimate of drug-likeness (QED) is 0.784. The molecule has 2 aliphatic rings. The fourth-order valence-electron chi connectivity index (χ4n) is 3.04. The maximum absolute atomic E-state index is 12.9. The lowest BCUT2D eigenvalue weighted by atomic mass is 10.1. The molecule has 1 aliphatic heterocycles. The molecule has 1 spiro atoms. The summed E-state index contributed by atoms with van der Waals surface area (Å²) >= 11 is 4.61. The van der Waals surface area contributed by atoms with Crippen molar-refractivity contribution in [3.05, 3.63) is 44.8 Å². The number of aromatic nitrogens is 2. The van der Waals surface area contributed by atoms with Crippen molar-refractivity contribution in [1.82, 2.24) is 20.0 Å². The zero-order valence-corrected chi connectivity index (χ0v) is 15.0. The first-order valence-corrected chi connectivity index (χ1v) is 9.07. The van der Waals surface area contributed by atoms with Crippen LogP contribution in [0.2, 0.25) is 0 Å². The molecule has 1 aliphatic carbocycles. The normalized spacial score (nSPS) is 20.1. The molecule has 0 radical (unpaired) electrons. The summed E-state index contributed by atoms with van der Waals surface area (Å²) in [6.45, 7) is 0.270. The summed E-state index contributed by atoms with van der Waals surface area (Å²) in [6, 6.07) is 8.81. The number of benzene rings is 1. The molecule has 7 nitrogen and oxygen atoms in total. The van der Waals surface area contributed by atoms with E-state index < -0.39 is 11.7 Å². The van der Waals surface area contributed by atoms with Crippen molar-refractivity contribution >= 4 is 39.2 Å². The molecule has 0 unspecified atom stereocenters. The highest BCUT2D eigenvalue weighted by Crippen LogP contribution is 2.50. The number of imide groups is 1. The van der Waals surface area contributed by atoms with E-state index in [1.165, 1.54) is 16.2 Å². The highest BCUT2D eigenvalue weighted by Gasteiger charge is 2.65. The zero-order valence-electron chi connectivity index (χ0n) is 12.6. The third-order valence-corrected chi connectivity index (χ3v) is 5.79. The second kappa shape index (κ2) is 5.61. The Hall–Kier alpha value is -1.84. The van der Waals surface area contributed by atoms with Crippen LogP contribution in [-0.2, 0) is 11.3 Å². The predicted molar refractivity (Wildman–Crippen MR) is 90.7 cm³/mol. The van der Waals surface area contributed by atoms with Gasteiger partial charge in [-0.1, -0.05) is 41.7 Å². The Balaban J connectivity index is 1.63. The van der Waals surface area contributed by atoms with E-state index in [1.807, 2.05) is 30.3 Å². The van der Waals surface area contributed by atoms with Gasteiger partial charge in [-0.05, 0) is 34.3 Å². The van der Waals surface area contributed by atoms with Crippen molar-refractivity contribution in [1.29, 1.82) is 0 Å². The van der Waals surface area contributed by atoms with E-state index >= 15 is 0 Å². The number of nitrogens with two attached hydrogens (primary N) is 1. The second-order valence-corrected chi connectivity index (χ2v) is 8.22. The molecule has 1 saturated carbocycles. The highest BCUT2D eigenvalue weighted by atomic mass is 79.9. The molecule has 4 rings (SSSR count). The Labute approximate surface area is 150 Å². The molecule has 1 aromatic carbocycles. The van der Waals surface area contributed by atoms with Crippen molar-refractivity contribution in [3.63, 3.8) is 0 Å². The molecular weight excluding hydrogens is 394 g/mol. The molecule has 24 heavy (non-hydrogen) atoms. The van der Waals surface area contributed by atoms with Crippen LogP contribution in [0.15, 0.2) is 34.2 Å². The number of nitrogens with zero attached hydrogens (tertiary/aromatic N) is 4. The standard InChI is InChI=1S/C15H14BrN5O2S/c16-13-19-18-10(24-13)8-20-14(23)21(12(22)15(20)6-7-15)11(17)9-4-2-1-3-5-9/h1-5,11H,6-8,17H2/t11-/m1/s1. The molecule has 2 aromatic rings. The third-order valence-electron chi connectivity index (χ3n) is 4.45. The number of hydrogen-bond donors (Lipinski definition) is 1. The molecule has 3 amide bonds. The Bertz CT molecular complexity index is 807. The number of rotatable bonds is 4. The zero-order chi connectivity index (χ0) is 16.9.